The molecule has 0 bridgehead atoms. The van der Waals surface area contributed by atoms with E-state index in [9.17, 15) is 5.11 Å². The predicted molar refractivity (Wildman–Crippen MR) is 72.7 cm³/mol. The predicted octanol–water partition coefficient (Wildman–Crippen LogP) is 3.76. The molecule has 1 aliphatic carbocycles. The lowest BCUT2D eigenvalue weighted by molar-refractivity contribution is 0.0167. The lowest BCUT2D eigenvalue weighted by atomic mass is 9.85. The summed E-state index contributed by atoms with van der Waals surface area (Å²) in [6.07, 6.45) is 5.34. The molecule has 0 saturated heterocycles. The van der Waals surface area contributed by atoms with Gasteiger partial charge in [-0.15, -0.1) is 0 Å². The highest BCUT2D eigenvalue weighted by Gasteiger charge is 2.28. The molecule has 1 aromatic carbocycles. The molecule has 2 N–H and O–H groups in total. The smallest absolute Gasteiger partial charge is 0.0819 e. The number of anilines is 1. The largest absolute Gasteiger partial charge is 0.388 e. The van der Waals surface area contributed by atoms with Gasteiger partial charge in [-0.3, -0.25) is 0 Å². The second-order valence-electron chi connectivity index (χ2n) is 5.10. The first-order valence-corrected chi connectivity index (χ1v) is 6.69. The molecule has 1 saturated carbocycles. The van der Waals surface area contributed by atoms with Crippen molar-refractivity contribution in [2.24, 2.45) is 0 Å². The molecule has 0 unspecified atom stereocenters. The van der Waals surface area contributed by atoms with E-state index in [1.54, 1.807) is 0 Å². The Kier molecular flexibility index (Phi) is 3.95. The van der Waals surface area contributed by atoms with E-state index in [-0.39, 0.29) is 0 Å². The van der Waals surface area contributed by atoms with E-state index in [0.717, 1.165) is 42.0 Å². The molecule has 1 aliphatic rings. The van der Waals surface area contributed by atoms with Gasteiger partial charge in [0.2, 0.25) is 0 Å². The third kappa shape index (κ3) is 3.36. The third-order valence-electron chi connectivity index (χ3n) is 3.58. The van der Waals surface area contributed by atoms with Crippen LogP contribution in [0, 0.1) is 6.92 Å². The van der Waals surface area contributed by atoms with Gasteiger partial charge in [0.1, 0.15) is 0 Å². The van der Waals surface area contributed by atoms with Crippen LogP contribution in [0.4, 0.5) is 5.69 Å². The van der Waals surface area contributed by atoms with Crippen LogP contribution in [-0.2, 0) is 0 Å². The highest BCUT2D eigenvalue weighted by atomic mass is 35.5. The molecule has 0 aromatic heterocycles. The van der Waals surface area contributed by atoms with Gasteiger partial charge in [-0.1, -0.05) is 30.9 Å². The molecular formula is C14H20ClNO. The van der Waals surface area contributed by atoms with Crippen LogP contribution >= 0.6 is 11.6 Å². The zero-order chi connectivity index (χ0) is 12.3. The Morgan fingerprint density at radius 1 is 1.29 bits per heavy atom. The molecule has 0 atom stereocenters. The summed E-state index contributed by atoms with van der Waals surface area (Å²) < 4.78 is 0. The van der Waals surface area contributed by atoms with Crippen molar-refractivity contribution >= 4 is 17.3 Å². The summed E-state index contributed by atoms with van der Waals surface area (Å²) in [4.78, 5) is 0. The molecule has 2 nitrogen and oxygen atoms in total. The second kappa shape index (κ2) is 5.28. The molecule has 0 aliphatic heterocycles. The molecule has 0 heterocycles. The molecule has 1 fully saturated rings. The summed E-state index contributed by atoms with van der Waals surface area (Å²) in [6, 6.07) is 5.79. The summed E-state index contributed by atoms with van der Waals surface area (Å²) in [5.41, 5.74) is 1.66. The van der Waals surface area contributed by atoms with Crippen LogP contribution in [0.15, 0.2) is 18.2 Å². The van der Waals surface area contributed by atoms with Gasteiger partial charge < -0.3 is 10.4 Å². The van der Waals surface area contributed by atoms with Crippen molar-refractivity contribution in [2.45, 2.75) is 44.6 Å². The SMILES string of the molecule is Cc1cc(Cl)ccc1NCC1(O)CCCCC1. The number of nitrogens with one attached hydrogen (secondary N) is 1. The van der Waals surface area contributed by atoms with Crippen LogP contribution in [0.5, 0.6) is 0 Å². The van der Waals surface area contributed by atoms with Gasteiger partial charge in [0.15, 0.2) is 0 Å². The molecule has 1 aromatic rings. The van der Waals surface area contributed by atoms with Crippen molar-refractivity contribution in [1.29, 1.82) is 0 Å². The first kappa shape index (κ1) is 12.7. The van der Waals surface area contributed by atoms with Crippen molar-refractivity contribution in [3.8, 4) is 0 Å². The van der Waals surface area contributed by atoms with Gasteiger partial charge >= 0.3 is 0 Å². The van der Waals surface area contributed by atoms with Crippen molar-refractivity contribution in [3.63, 3.8) is 0 Å². The van der Waals surface area contributed by atoms with Gasteiger partial charge in [-0.25, -0.2) is 0 Å². The van der Waals surface area contributed by atoms with Crippen molar-refractivity contribution < 1.29 is 5.11 Å². The fourth-order valence-corrected chi connectivity index (χ4v) is 2.70. The van der Waals surface area contributed by atoms with E-state index in [1.165, 1.54) is 6.42 Å². The van der Waals surface area contributed by atoms with Gasteiger partial charge in [-0.2, -0.15) is 0 Å². The molecular weight excluding hydrogens is 234 g/mol. The minimum absolute atomic E-state index is 0.523. The number of benzene rings is 1. The fourth-order valence-electron chi connectivity index (χ4n) is 2.47. The molecule has 94 valence electrons. The second-order valence-corrected chi connectivity index (χ2v) is 5.53. The van der Waals surface area contributed by atoms with Crippen molar-refractivity contribution in [1.82, 2.24) is 0 Å². The first-order chi connectivity index (χ1) is 8.09. The fraction of sp³-hybridized carbons (Fsp3) is 0.571. The number of hydrogen-bond donors (Lipinski definition) is 2. The minimum atomic E-state index is -0.523. The Morgan fingerprint density at radius 3 is 2.65 bits per heavy atom. The van der Waals surface area contributed by atoms with Crippen molar-refractivity contribution in [3.05, 3.63) is 28.8 Å². The van der Waals surface area contributed by atoms with Crippen LogP contribution in [-0.4, -0.2) is 17.3 Å². The van der Waals surface area contributed by atoms with Crippen LogP contribution < -0.4 is 5.32 Å². The van der Waals surface area contributed by atoms with Crippen molar-refractivity contribution in [2.75, 3.05) is 11.9 Å². The molecule has 0 radical (unpaired) electrons. The van der Waals surface area contributed by atoms with E-state index in [2.05, 4.69) is 5.32 Å². The summed E-state index contributed by atoms with van der Waals surface area (Å²) in [5.74, 6) is 0. The number of aliphatic hydroxyl groups is 1. The summed E-state index contributed by atoms with van der Waals surface area (Å²) in [6.45, 7) is 2.66. The standard InChI is InChI=1S/C14H20ClNO/c1-11-9-12(15)5-6-13(11)16-10-14(17)7-3-2-4-8-14/h5-6,9,16-17H,2-4,7-8,10H2,1H3. The first-order valence-electron chi connectivity index (χ1n) is 6.31. The van der Waals surface area contributed by atoms with E-state index in [1.807, 2.05) is 25.1 Å². The molecule has 0 amide bonds. The molecule has 3 heteroatoms. The number of hydrogen-bond acceptors (Lipinski definition) is 2. The number of aryl methyl sites for hydroxylation is 1. The number of rotatable bonds is 3. The topological polar surface area (TPSA) is 32.3 Å². The van der Waals surface area contributed by atoms with Crippen LogP contribution in [0.3, 0.4) is 0 Å². The van der Waals surface area contributed by atoms with Crippen LogP contribution in [0.1, 0.15) is 37.7 Å². The molecule has 17 heavy (non-hydrogen) atoms. The zero-order valence-electron chi connectivity index (χ0n) is 10.3. The Bertz CT molecular complexity index is 386. The Labute approximate surface area is 108 Å². The van der Waals surface area contributed by atoms with E-state index < -0.39 is 5.60 Å². The quantitative estimate of drug-likeness (QED) is 0.860. The Balaban J connectivity index is 1.97. The maximum atomic E-state index is 10.4. The molecule has 0 spiro atoms. The monoisotopic (exact) mass is 253 g/mol. The van der Waals surface area contributed by atoms with Gasteiger partial charge in [-0.05, 0) is 43.5 Å². The van der Waals surface area contributed by atoms with E-state index in [4.69, 9.17) is 11.6 Å². The highest BCUT2D eigenvalue weighted by molar-refractivity contribution is 6.30. The average Bonchev–Trinajstić information content (AvgIpc) is 2.29. The van der Waals surface area contributed by atoms with E-state index >= 15 is 0 Å². The maximum Gasteiger partial charge on any atom is 0.0819 e. The van der Waals surface area contributed by atoms with Crippen LogP contribution in [0.25, 0.3) is 0 Å². The summed E-state index contributed by atoms with van der Waals surface area (Å²) in [7, 11) is 0. The molecule has 2 rings (SSSR count). The summed E-state index contributed by atoms with van der Waals surface area (Å²) in [5, 5.41) is 14.5. The lowest BCUT2D eigenvalue weighted by Gasteiger charge is -2.32. The van der Waals surface area contributed by atoms with Crippen LogP contribution in [0.2, 0.25) is 5.02 Å². The number of halogens is 1. The minimum Gasteiger partial charge on any atom is -0.388 e. The third-order valence-corrected chi connectivity index (χ3v) is 3.82. The van der Waals surface area contributed by atoms with E-state index in [0.29, 0.717) is 6.54 Å². The lowest BCUT2D eigenvalue weighted by Crippen LogP contribution is -2.38. The highest BCUT2D eigenvalue weighted by Crippen LogP contribution is 2.29. The normalized spacial score (nSPS) is 19.0. The zero-order valence-corrected chi connectivity index (χ0v) is 11.1. The van der Waals surface area contributed by atoms with Gasteiger partial charge in [0.25, 0.3) is 0 Å². The van der Waals surface area contributed by atoms with Gasteiger partial charge in [0.05, 0.1) is 5.60 Å². The Morgan fingerprint density at radius 2 is 2.00 bits per heavy atom. The maximum absolute atomic E-state index is 10.4. The average molecular weight is 254 g/mol. The van der Waals surface area contributed by atoms with Gasteiger partial charge in [0, 0.05) is 17.3 Å². The summed E-state index contributed by atoms with van der Waals surface area (Å²) >= 11 is 5.92. The Hall–Kier alpha value is -0.730.